The van der Waals surface area contributed by atoms with Gasteiger partial charge < -0.3 is 14.8 Å². The van der Waals surface area contributed by atoms with Gasteiger partial charge in [-0.2, -0.15) is 9.41 Å². The minimum atomic E-state index is -3.54. The fourth-order valence-electron chi connectivity index (χ4n) is 3.27. The monoisotopic (exact) mass is 474 g/mol. The van der Waals surface area contributed by atoms with Crippen molar-refractivity contribution in [2.24, 2.45) is 5.10 Å². The standard InChI is InChI=1S/C22H26N4O6S/c1-31-18-7-10-20(32-2)17(13-18)14-24-25-21(27)15-23-22(28)16-5-8-19(9-6-16)33(29,30)26-11-3-4-12-26/h5-10,13-14H,3-4,11-12,15H2,1-2H3,(H,23,28)(H,25,27)/b24-14-. The molecule has 0 aromatic heterocycles. The van der Waals surface area contributed by atoms with E-state index in [1.807, 2.05) is 0 Å². The zero-order chi connectivity index (χ0) is 23.8. The second kappa shape index (κ2) is 10.9. The predicted molar refractivity (Wildman–Crippen MR) is 122 cm³/mol. The Hall–Kier alpha value is -3.44. The Morgan fingerprint density at radius 1 is 1.06 bits per heavy atom. The largest absolute Gasteiger partial charge is 0.497 e. The number of carbonyl (C=O) groups is 2. The summed E-state index contributed by atoms with van der Waals surface area (Å²) in [6, 6.07) is 10.8. The fourth-order valence-corrected chi connectivity index (χ4v) is 4.79. The van der Waals surface area contributed by atoms with Crippen molar-refractivity contribution in [2.75, 3.05) is 33.9 Å². The molecule has 0 saturated carbocycles. The Morgan fingerprint density at radius 3 is 2.39 bits per heavy atom. The summed E-state index contributed by atoms with van der Waals surface area (Å²) >= 11 is 0. The average molecular weight is 475 g/mol. The molecule has 0 radical (unpaired) electrons. The number of nitrogens with zero attached hydrogens (tertiary/aromatic N) is 2. The molecule has 2 aromatic rings. The molecule has 0 aliphatic carbocycles. The van der Waals surface area contributed by atoms with Crippen molar-refractivity contribution in [2.45, 2.75) is 17.7 Å². The minimum absolute atomic E-state index is 0.140. The number of amides is 2. The van der Waals surface area contributed by atoms with E-state index in [-0.39, 0.29) is 17.0 Å². The Labute approximate surface area is 192 Å². The van der Waals surface area contributed by atoms with Crippen molar-refractivity contribution in [3.63, 3.8) is 0 Å². The van der Waals surface area contributed by atoms with Gasteiger partial charge in [-0.3, -0.25) is 9.59 Å². The van der Waals surface area contributed by atoms with Crippen LogP contribution in [0.1, 0.15) is 28.8 Å². The molecule has 1 aliphatic heterocycles. The predicted octanol–water partition coefficient (Wildman–Crippen LogP) is 1.37. The van der Waals surface area contributed by atoms with Gasteiger partial charge in [-0.1, -0.05) is 0 Å². The quantitative estimate of drug-likeness (QED) is 0.418. The molecule has 1 saturated heterocycles. The van der Waals surface area contributed by atoms with Crippen LogP contribution in [0.2, 0.25) is 0 Å². The molecule has 33 heavy (non-hydrogen) atoms. The first-order chi connectivity index (χ1) is 15.8. The van der Waals surface area contributed by atoms with Crippen LogP contribution in [0.4, 0.5) is 0 Å². The number of nitrogens with one attached hydrogen (secondary N) is 2. The number of carbonyl (C=O) groups excluding carboxylic acids is 2. The van der Waals surface area contributed by atoms with Gasteiger partial charge in [0.2, 0.25) is 10.0 Å². The van der Waals surface area contributed by atoms with Gasteiger partial charge in [0, 0.05) is 24.2 Å². The Balaban J connectivity index is 1.52. The minimum Gasteiger partial charge on any atom is -0.497 e. The molecular formula is C22H26N4O6S. The summed E-state index contributed by atoms with van der Waals surface area (Å²) in [6.07, 6.45) is 3.10. The molecule has 176 valence electrons. The molecule has 2 N–H and O–H groups in total. The molecule has 0 unspecified atom stereocenters. The van der Waals surface area contributed by atoms with E-state index >= 15 is 0 Å². The molecule has 2 amide bonds. The lowest BCUT2D eigenvalue weighted by molar-refractivity contribution is -0.120. The molecule has 0 spiro atoms. The Morgan fingerprint density at radius 2 is 1.76 bits per heavy atom. The van der Waals surface area contributed by atoms with E-state index in [4.69, 9.17) is 9.47 Å². The molecule has 1 fully saturated rings. The van der Waals surface area contributed by atoms with Crippen LogP contribution in [0, 0.1) is 0 Å². The molecular weight excluding hydrogens is 448 g/mol. The van der Waals surface area contributed by atoms with E-state index in [9.17, 15) is 18.0 Å². The third-order valence-electron chi connectivity index (χ3n) is 5.06. The smallest absolute Gasteiger partial charge is 0.259 e. The normalized spacial score (nSPS) is 14.2. The Kier molecular flexibility index (Phi) is 8.01. The maximum absolute atomic E-state index is 12.6. The molecule has 0 bridgehead atoms. The summed E-state index contributed by atoms with van der Waals surface area (Å²) in [6.45, 7) is 0.707. The number of hydrogen-bond donors (Lipinski definition) is 2. The zero-order valence-corrected chi connectivity index (χ0v) is 19.2. The van der Waals surface area contributed by atoms with Crippen LogP contribution < -0.4 is 20.2 Å². The number of methoxy groups -OCH3 is 2. The highest BCUT2D eigenvalue weighted by atomic mass is 32.2. The van der Waals surface area contributed by atoms with Crippen molar-refractivity contribution < 1.29 is 27.5 Å². The van der Waals surface area contributed by atoms with Crippen LogP contribution in [-0.2, 0) is 14.8 Å². The number of hydrazone groups is 1. The van der Waals surface area contributed by atoms with Gasteiger partial charge in [0.25, 0.3) is 11.8 Å². The highest BCUT2D eigenvalue weighted by Crippen LogP contribution is 2.22. The van der Waals surface area contributed by atoms with Crippen molar-refractivity contribution >= 4 is 28.1 Å². The van der Waals surface area contributed by atoms with E-state index in [0.717, 1.165) is 12.8 Å². The van der Waals surface area contributed by atoms with E-state index in [1.54, 1.807) is 18.2 Å². The third kappa shape index (κ3) is 6.08. The molecule has 1 heterocycles. The lowest BCUT2D eigenvalue weighted by Gasteiger charge is -2.15. The summed E-state index contributed by atoms with van der Waals surface area (Å²) in [4.78, 5) is 24.4. The van der Waals surface area contributed by atoms with Crippen LogP contribution in [-0.4, -0.2) is 64.6 Å². The van der Waals surface area contributed by atoms with Gasteiger partial charge in [-0.25, -0.2) is 13.8 Å². The van der Waals surface area contributed by atoms with E-state index in [1.165, 1.54) is 49.0 Å². The zero-order valence-electron chi connectivity index (χ0n) is 18.4. The van der Waals surface area contributed by atoms with Crippen LogP contribution in [0.3, 0.4) is 0 Å². The second-order valence-corrected chi connectivity index (χ2v) is 9.16. The van der Waals surface area contributed by atoms with E-state index in [0.29, 0.717) is 30.2 Å². The van der Waals surface area contributed by atoms with Gasteiger partial charge in [-0.15, -0.1) is 0 Å². The molecule has 1 aliphatic rings. The number of benzene rings is 2. The molecule has 3 rings (SSSR count). The number of sulfonamides is 1. The first-order valence-corrected chi connectivity index (χ1v) is 11.7. The summed E-state index contributed by atoms with van der Waals surface area (Å²) in [5.74, 6) is 0.121. The van der Waals surface area contributed by atoms with Gasteiger partial charge >= 0.3 is 0 Å². The van der Waals surface area contributed by atoms with Gasteiger partial charge in [-0.05, 0) is 55.3 Å². The van der Waals surface area contributed by atoms with Gasteiger partial charge in [0.1, 0.15) is 11.5 Å². The Bertz CT molecular complexity index is 1130. The first kappa shape index (κ1) is 24.2. The highest BCUT2D eigenvalue weighted by Gasteiger charge is 2.27. The van der Waals surface area contributed by atoms with E-state index in [2.05, 4.69) is 15.8 Å². The molecule has 11 heteroatoms. The van der Waals surface area contributed by atoms with Crippen LogP contribution in [0.5, 0.6) is 11.5 Å². The maximum Gasteiger partial charge on any atom is 0.259 e. The molecule has 2 aromatic carbocycles. The van der Waals surface area contributed by atoms with E-state index < -0.39 is 21.8 Å². The topological polar surface area (TPSA) is 126 Å². The summed E-state index contributed by atoms with van der Waals surface area (Å²) in [5.41, 5.74) is 3.17. The first-order valence-electron chi connectivity index (χ1n) is 10.3. The fraction of sp³-hybridized carbons (Fsp3) is 0.318. The lowest BCUT2D eigenvalue weighted by Crippen LogP contribution is -2.35. The van der Waals surface area contributed by atoms with Crippen LogP contribution in [0.25, 0.3) is 0 Å². The number of ether oxygens (including phenoxy) is 2. The number of hydrogen-bond acceptors (Lipinski definition) is 7. The van der Waals surface area contributed by atoms with Crippen molar-refractivity contribution in [3.8, 4) is 11.5 Å². The summed E-state index contributed by atoms with van der Waals surface area (Å²) in [7, 11) is -0.494. The number of rotatable bonds is 9. The summed E-state index contributed by atoms with van der Waals surface area (Å²) in [5, 5.41) is 6.34. The molecule has 10 nitrogen and oxygen atoms in total. The average Bonchev–Trinajstić information content (AvgIpc) is 3.38. The summed E-state index contributed by atoms with van der Waals surface area (Å²) < 4.78 is 36.9. The van der Waals surface area contributed by atoms with Crippen LogP contribution >= 0.6 is 0 Å². The SMILES string of the molecule is COc1ccc(OC)c(/C=N\NC(=O)CNC(=O)c2ccc(S(=O)(=O)N3CCCC3)cc2)c1. The van der Waals surface area contributed by atoms with Gasteiger partial charge in [0.05, 0.1) is 31.9 Å². The lowest BCUT2D eigenvalue weighted by atomic mass is 10.2. The third-order valence-corrected chi connectivity index (χ3v) is 6.97. The van der Waals surface area contributed by atoms with Crippen molar-refractivity contribution in [3.05, 3.63) is 53.6 Å². The second-order valence-electron chi connectivity index (χ2n) is 7.22. The van der Waals surface area contributed by atoms with Gasteiger partial charge in [0.15, 0.2) is 0 Å². The maximum atomic E-state index is 12.6. The van der Waals surface area contributed by atoms with Crippen molar-refractivity contribution in [1.82, 2.24) is 15.0 Å². The highest BCUT2D eigenvalue weighted by molar-refractivity contribution is 7.89. The van der Waals surface area contributed by atoms with Crippen molar-refractivity contribution in [1.29, 1.82) is 0 Å². The van der Waals surface area contributed by atoms with Crippen LogP contribution in [0.15, 0.2) is 52.5 Å². The molecule has 0 atom stereocenters.